The van der Waals surface area contributed by atoms with Gasteiger partial charge in [0.05, 0.1) is 11.0 Å². The van der Waals surface area contributed by atoms with Gasteiger partial charge in [0, 0.05) is 22.5 Å². The third kappa shape index (κ3) is 2.83. The summed E-state index contributed by atoms with van der Waals surface area (Å²) in [6.45, 7) is 2.20. The third-order valence-electron chi connectivity index (χ3n) is 3.38. The number of hydrogen-bond donors (Lipinski definition) is 0. The number of carbonyl (C=O) groups excluding carboxylic acids is 1. The Labute approximate surface area is 125 Å². The molecule has 2 aliphatic heterocycles. The fourth-order valence-corrected chi connectivity index (χ4v) is 6.39. The van der Waals surface area contributed by atoms with Crippen molar-refractivity contribution in [1.82, 2.24) is 10.1 Å². The maximum atomic E-state index is 11.7. The number of nitrogens with zero attached hydrogens (tertiary/aromatic N) is 2. The molecule has 0 aliphatic carbocycles. The second-order valence-electron chi connectivity index (χ2n) is 4.63. The van der Waals surface area contributed by atoms with E-state index in [2.05, 4.69) is 17.1 Å². The maximum Gasteiger partial charge on any atom is 0.238 e. The Morgan fingerprint density at radius 1 is 1.37 bits per heavy atom. The largest absolute Gasteiger partial charge is 0.338 e. The minimum atomic E-state index is -0.174. The lowest BCUT2D eigenvalue weighted by Gasteiger charge is -2.27. The van der Waals surface area contributed by atoms with Crippen molar-refractivity contribution in [1.29, 1.82) is 0 Å². The zero-order valence-corrected chi connectivity index (χ0v) is 13.2. The Hall–Kier alpha value is -0.140. The zero-order chi connectivity index (χ0) is 13.2. The van der Waals surface area contributed by atoms with Crippen LogP contribution in [0.4, 0.5) is 0 Å². The lowest BCUT2D eigenvalue weighted by Crippen LogP contribution is -2.19. The predicted molar refractivity (Wildman–Crippen MR) is 81.1 cm³/mol. The van der Waals surface area contributed by atoms with Gasteiger partial charge in [-0.3, -0.25) is 4.79 Å². The van der Waals surface area contributed by atoms with Crippen LogP contribution < -0.4 is 0 Å². The van der Waals surface area contributed by atoms with Crippen LogP contribution in [0, 0.1) is 0 Å². The number of thioether (sulfide) groups is 3. The van der Waals surface area contributed by atoms with Crippen LogP contribution in [0.3, 0.4) is 0 Å². The van der Waals surface area contributed by atoms with Crippen molar-refractivity contribution < 1.29 is 9.32 Å². The molecule has 0 saturated carbocycles. The number of carbonyl (C=O) groups is 1. The Morgan fingerprint density at radius 2 is 2.21 bits per heavy atom. The van der Waals surface area contributed by atoms with Crippen LogP contribution in [0.5, 0.6) is 0 Å². The molecule has 2 saturated heterocycles. The average Bonchev–Trinajstić information content (AvgIpc) is 3.07. The molecular weight excluding hydrogens is 300 g/mol. The minimum absolute atomic E-state index is 0.174. The number of Topliss-reactive ketones (excluding diaryl/α,β-unsaturated/α-hetero) is 1. The summed E-state index contributed by atoms with van der Waals surface area (Å²) < 4.78 is 5.35. The molecule has 0 spiro atoms. The van der Waals surface area contributed by atoms with Gasteiger partial charge in [0.25, 0.3) is 0 Å². The van der Waals surface area contributed by atoms with Gasteiger partial charge >= 0.3 is 0 Å². The van der Waals surface area contributed by atoms with E-state index in [1.54, 1.807) is 11.8 Å². The van der Waals surface area contributed by atoms with Gasteiger partial charge < -0.3 is 4.52 Å². The summed E-state index contributed by atoms with van der Waals surface area (Å²) in [5.74, 6) is 5.04. The molecule has 19 heavy (non-hydrogen) atoms. The predicted octanol–water partition coefficient (Wildman–Crippen LogP) is 2.77. The van der Waals surface area contributed by atoms with Crippen molar-refractivity contribution in [3.05, 3.63) is 11.7 Å². The van der Waals surface area contributed by atoms with Crippen molar-refractivity contribution in [2.45, 2.75) is 29.8 Å². The number of rotatable bonds is 3. The van der Waals surface area contributed by atoms with Gasteiger partial charge in [-0.05, 0) is 6.42 Å². The Balaban J connectivity index is 1.78. The second-order valence-corrected chi connectivity index (χ2v) is 8.26. The van der Waals surface area contributed by atoms with Crippen LogP contribution in [0.15, 0.2) is 4.52 Å². The molecule has 3 heterocycles. The molecule has 3 atom stereocenters. The van der Waals surface area contributed by atoms with E-state index in [0.717, 1.165) is 23.8 Å². The molecule has 1 aromatic rings. The summed E-state index contributed by atoms with van der Waals surface area (Å²) in [5, 5.41) is 5.00. The van der Waals surface area contributed by atoms with Gasteiger partial charge in [-0.15, -0.1) is 11.8 Å². The van der Waals surface area contributed by atoms with Gasteiger partial charge in [0.15, 0.2) is 11.6 Å². The molecule has 0 N–H and O–H groups in total. The molecule has 4 nitrogen and oxygen atoms in total. The van der Waals surface area contributed by atoms with E-state index in [0.29, 0.717) is 22.1 Å². The molecule has 0 bridgehead atoms. The topological polar surface area (TPSA) is 56.0 Å². The van der Waals surface area contributed by atoms with Crippen molar-refractivity contribution in [3.8, 4) is 0 Å². The molecule has 3 unspecified atom stereocenters. The van der Waals surface area contributed by atoms with E-state index < -0.39 is 0 Å². The Kier molecular flexibility index (Phi) is 4.44. The van der Waals surface area contributed by atoms with Gasteiger partial charge in [-0.25, -0.2) is 0 Å². The highest BCUT2D eigenvalue weighted by Crippen LogP contribution is 2.43. The van der Waals surface area contributed by atoms with Crippen LogP contribution in [-0.2, 0) is 4.79 Å². The summed E-state index contributed by atoms with van der Waals surface area (Å²) in [4.78, 5) is 16.2. The Morgan fingerprint density at radius 3 is 2.95 bits per heavy atom. The number of ketones is 1. The molecule has 0 amide bonds. The van der Waals surface area contributed by atoms with Crippen LogP contribution in [0.25, 0.3) is 0 Å². The van der Waals surface area contributed by atoms with E-state index in [1.165, 1.54) is 5.75 Å². The maximum absolute atomic E-state index is 11.7. The summed E-state index contributed by atoms with van der Waals surface area (Å²) in [5.41, 5.74) is 0. The highest BCUT2D eigenvalue weighted by Gasteiger charge is 2.35. The monoisotopic (exact) mass is 316 g/mol. The van der Waals surface area contributed by atoms with E-state index in [9.17, 15) is 4.79 Å². The van der Waals surface area contributed by atoms with Crippen LogP contribution >= 0.6 is 35.3 Å². The molecular formula is C12H16N2O2S3. The smallest absolute Gasteiger partial charge is 0.238 e. The van der Waals surface area contributed by atoms with Crippen molar-refractivity contribution in [3.63, 3.8) is 0 Å². The van der Waals surface area contributed by atoms with Crippen LogP contribution in [-0.4, -0.2) is 44.2 Å². The molecule has 0 aromatic carbocycles. The molecule has 0 radical (unpaired) electrons. The quantitative estimate of drug-likeness (QED) is 0.850. The van der Waals surface area contributed by atoms with Gasteiger partial charge in [-0.1, -0.05) is 12.1 Å². The van der Waals surface area contributed by atoms with Crippen molar-refractivity contribution in [2.75, 3.05) is 23.0 Å². The molecule has 2 fully saturated rings. The molecule has 104 valence electrons. The first-order valence-corrected chi connectivity index (χ1v) is 9.72. The summed E-state index contributed by atoms with van der Waals surface area (Å²) in [7, 11) is 0. The highest BCUT2D eigenvalue weighted by atomic mass is 32.2. The lowest BCUT2D eigenvalue weighted by molar-refractivity contribution is -0.117. The van der Waals surface area contributed by atoms with Gasteiger partial charge in [-0.2, -0.15) is 28.5 Å². The van der Waals surface area contributed by atoms with Gasteiger partial charge in [0.1, 0.15) is 5.92 Å². The first kappa shape index (κ1) is 13.8. The molecule has 1 aromatic heterocycles. The van der Waals surface area contributed by atoms with Crippen molar-refractivity contribution >= 4 is 41.1 Å². The minimum Gasteiger partial charge on any atom is -0.338 e. The fourth-order valence-electron chi connectivity index (χ4n) is 2.33. The Bertz CT molecular complexity index is 466. The van der Waals surface area contributed by atoms with E-state index in [4.69, 9.17) is 4.52 Å². The third-order valence-corrected chi connectivity index (χ3v) is 7.68. The van der Waals surface area contributed by atoms with E-state index in [1.807, 2.05) is 23.5 Å². The summed E-state index contributed by atoms with van der Waals surface area (Å²) in [6, 6.07) is 0. The second kappa shape index (κ2) is 6.10. The first-order chi connectivity index (χ1) is 9.29. The van der Waals surface area contributed by atoms with Crippen molar-refractivity contribution in [2.24, 2.45) is 0 Å². The first-order valence-electron chi connectivity index (χ1n) is 6.46. The zero-order valence-electron chi connectivity index (χ0n) is 10.7. The van der Waals surface area contributed by atoms with E-state index >= 15 is 0 Å². The number of aromatic nitrogens is 2. The van der Waals surface area contributed by atoms with E-state index in [-0.39, 0.29) is 11.7 Å². The summed E-state index contributed by atoms with van der Waals surface area (Å²) in [6.07, 6.45) is 1.12. The fraction of sp³-hybridized carbons (Fsp3) is 0.750. The standard InChI is InChI=1S/C12H16N2O2S3/c1-2-9-10(19-4-3-18-9)11-13-12(16-14-11)7-5-17-6-8(7)15/h7,9-10H,2-6H2,1H3. The summed E-state index contributed by atoms with van der Waals surface area (Å²) >= 11 is 5.55. The molecule has 2 aliphatic rings. The van der Waals surface area contributed by atoms with Crippen LogP contribution in [0.1, 0.15) is 36.2 Å². The van der Waals surface area contributed by atoms with Crippen LogP contribution in [0.2, 0.25) is 0 Å². The lowest BCUT2D eigenvalue weighted by atomic mass is 10.1. The molecule has 7 heteroatoms. The number of hydrogen-bond acceptors (Lipinski definition) is 7. The molecule has 3 rings (SSSR count). The SMILES string of the molecule is CCC1SCCSC1c1noc(C2CSCC2=O)n1. The van der Waals surface area contributed by atoms with Gasteiger partial charge in [0.2, 0.25) is 5.89 Å². The average molecular weight is 316 g/mol. The highest BCUT2D eigenvalue weighted by molar-refractivity contribution is 8.06. The normalized spacial score (nSPS) is 31.8.